The summed E-state index contributed by atoms with van der Waals surface area (Å²) in [5.41, 5.74) is 3.60. The lowest BCUT2D eigenvalue weighted by molar-refractivity contribution is -0.0290. The fourth-order valence-corrected chi connectivity index (χ4v) is 3.09. The summed E-state index contributed by atoms with van der Waals surface area (Å²) in [6.07, 6.45) is 5.88. The van der Waals surface area contributed by atoms with Crippen molar-refractivity contribution in [3.8, 4) is 11.1 Å². The van der Waals surface area contributed by atoms with Crippen molar-refractivity contribution in [1.29, 1.82) is 0 Å². The summed E-state index contributed by atoms with van der Waals surface area (Å²) in [6.45, 7) is 3.43. The van der Waals surface area contributed by atoms with Crippen molar-refractivity contribution in [2.24, 2.45) is 0 Å². The van der Waals surface area contributed by atoms with E-state index in [4.69, 9.17) is 16.3 Å². The summed E-state index contributed by atoms with van der Waals surface area (Å²) in [6, 6.07) is 5.60. The van der Waals surface area contributed by atoms with Gasteiger partial charge >= 0.3 is 0 Å². The lowest BCUT2D eigenvalue weighted by Crippen LogP contribution is -2.42. The third kappa shape index (κ3) is 3.26. The van der Waals surface area contributed by atoms with Gasteiger partial charge in [0.15, 0.2) is 0 Å². The van der Waals surface area contributed by atoms with Gasteiger partial charge < -0.3 is 9.64 Å². The molecule has 6 nitrogen and oxygen atoms in total. The molecule has 124 valence electrons. The molecule has 0 spiro atoms. The van der Waals surface area contributed by atoms with Crippen LogP contribution in [-0.2, 0) is 11.3 Å². The molecule has 1 atom stereocenters. The smallest absolute Gasteiger partial charge is 0.129 e. The van der Waals surface area contributed by atoms with E-state index in [0.717, 1.165) is 48.4 Å². The summed E-state index contributed by atoms with van der Waals surface area (Å²) in [4.78, 5) is 11.0. The van der Waals surface area contributed by atoms with E-state index in [1.165, 1.54) is 0 Å². The van der Waals surface area contributed by atoms with Crippen molar-refractivity contribution in [1.82, 2.24) is 24.6 Å². The molecule has 3 aromatic rings. The van der Waals surface area contributed by atoms with E-state index in [1.54, 1.807) is 6.07 Å². The Bertz CT molecular complexity index is 865. The monoisotopic (exact) mass is 343 g/mol. The van der Waals surface area contributed by atoms with Crippen LogP contribution >= 0.6 is 11.6 Å². The van der Waals surface area contributed by atoms with E-state index in [0.29, 0.717) is 5.15 Å². The number of rotatable bonds is 3. The minimum atomic E-state index is 0.173. The maximum Gasteiger partial charge on any atom is 0.129 e. The second-order valence-electron chi connectivity index (χ2n) is 6.10. The standard InChI is InChI=1S/C17H18ClN5O/c1-22-4-5-24-14(10-22)11-23-9-13(8-20-23)12-6-16-15(19-7-12)2-3-17(18)21-16/h2-3,6-9,14H,4-5,10-11H2,1H3. The van der Waals surface area contributed by atoms with Gasteiger partial charge in [-0.25, -0.2) is 4.98 Å². The van der Waals surface area contributed by atoms with Gasteiger partial charge in [-0.05, 0) is 25.2 Å². The van der Waals surface area contributed by atoms with E-state index in [-0.39, 0.29) is 6.10 Å². The third-order valence-corrected chi connectivity index (χ3v) is 4.41. The summed E-state index contributed by atoms with van der Waals surface area (Å²) >= 11 is 5.97. The Labute approximate surface area is 145 Å². The van der Waals surface area contributed by atoms with Crippen molar-refractivity contribution in [2.45, 2.75) is 12.6 Å². The van der Waals surface area contributed by atoms with Crippen LogP contribution in [0.15, 0.2) is 36.8 Å². The molecule has 0 aliphatic carbocycles. The molecule has 1 saturated heterocycles. The predicted octanol–water partition coefficient (Wildman–Crippen LogP) is 2.48. The van der Waals surface area contributed by atoms with Gasteiger partial charge in [0.2, 0.25) is 0 Å². The fraction of sp³-hybridized carbons (Fsp3) is 0.353. The van der Waals surface area contributed by atoms with Crippen LogP contribution in [0.4, 0.5) is 0 Å². The highest BCUT2D eigenvalue weighted by Gasteiger charge is 2.18. The highest BCUT2D eigenvalue weighted by Crippen LogP contribution is 2.22. The highest BCUT2D eigenvalue weighted by molar-refractivity contribution is 6.29. The molecule has 0 amide bonds. The molecule has 4 rings (SSSR count). The van der Waals surface area contributed by atoms with E-state index in [1.807, 2.05) is 35.4 Å². The van der Waals surface area contributed by atoms with E-state index < -0.39 is 0 Å². The zero-order valence-electron chi connectivity index (χ0n) is 13.4. The Morgan fingerprint density at radius 2 is 2.17 bits per heavy atom. The largest absolute Gasteiger partial charge is 0.374 e. The molecule has 0 N–H and O–H groups in total. The number of fused-ring (bicyclic) bond motifs is 1. The van der Waals surface area contributed by atoms with Crippen LogP contribution in [0.1, 0.15) is 0 Å². The molecule has 0 saturated carbocycles. The fourth-order valence-electron chi connectivity index (χ4n) is 2.94. The Hall–Kier alpha value is -2.02. The number of hydrogen-bond donors (Lipinski definition) is 0. The number of ether oxygens (including phenoxy) is 1. The van der Waals surface area contributed by atoms with Crippen molar-refractivity contribution in [2.75, 3.05) is 26.7 Å². The molecule has 1 aliphatic heterocycles. The molecule has 0 aromatic carbocycles. The minimum Gasteiger partial charge on any atom is -0.374 e. The second-order valence-corrected chi connectivity index (χ2v) is 6.49. The molecule has 4 heterocycles. The van der Waals surface area contributed by atoms with E-state index in [2.05, 4.69) is 27.0 Å². The summed E-state index contributed by atoms with van der Waals surface area (Å²) in [5.74, 6) is 0. The number of hydrogen-bond acceptors (Lipinski definition) is 5. The Morgan fingerprint density at radius 1 is 1.25 bits per heavy atom. The molecule has 0 bridgehead atoms. The van der Waals surface area contributed by atoms with Crippen molar-refractivity contribution < 1.29 is 4.74 Å². The number of nitrogens with zero attached hydrogens (tertiary/aromatic N) is 5. The molecular formula is C17H18ClN5O. The van der Waals surface area contributed by atoms with Crippen LogP contribution in [0.25, 0.3) is 22.2 Å². The molecule has 1 fully saturated rings. The van der Waals surface area contributed by atoms with Gasteiger partial charge in [0, 0.05) is 36.6 Å². The third-order valence-electron chi connectivity index (χ3n) is 4.20. The molecule has 0 radical (unpaired) electrons. The topological polar surface area (TPSA) is 56.1 Å². The van der Waals surface area contributed by atoms with Gasteiger partial charge in [-0.1, -0.05) is 11.6 Å². The van der Waals surface area contributed by atoms with Gasteiger partial charge in [0.25, 0.3) is 0 Å². The predicted molar refractivity (Wildman–Crippen MR) is 93.0 cm³/mol. The first-order chi connectivity index (χ1) is 11.7. The first kappa shape index (κ1) is 15.5. The van der Waals surface area contributed by atoms with Gasteiger partial charge in [0.05, 0.1) is 36.5 Å². The SMILES string of the molecule is CN1CCOC(Cn2cc(-c3cnc4ccc(Cl)nc4c3)cn2)C1. The van der Waals surface area contributed by atoms with Gasteiger partial charge in [-0.3, -0.25) is 9.67 Å². The maximum absolute atomic E-state index is 5.97. The number of likely N-dealkylation sites (N-methyl/N-ethyl adjacent to an activating group) is 1. The van der Waals surface area contributed by atoms with Crippen LogP contribution in [0.2, 0.25) is 5.15 Å². The average Bonchev–Trinajstić information content (AvgIpc) is 3.02. The minimum absolute atomic E-state index is 0.173. The zero-order chi connectivity index (χ0) is 16.5. The molecule has 7 heteroatoms. The second kappa shape index (κ2) is 6.47. The van der Waals surface area contributed by atoms with Gasteiger partial charge in [-0.15, -0.1) is 0 Å². The normalized spacial score (nSPS) is 19.0. The Balaban J connectivity index is 1.55. The lowest BCUT2D eigenvalue weighted by Gasteiger charge is -2.29. The number of aromatic nitrogens is 4. The lowest BCUT2D eigenvalue weighted by atomic mass is 10.1. The first-order valence-electron chi connectivity index (χ1n) is 7.93. The van der Waals surface area contributed by atoms with Gasteiger partial charge in [0.1, 0.15) is 5.15 Å². The van der Waals surface area contributed by atoms with E-state index >= 15 is 0 Å². The maximum atomic E-state index is 5.97. The van der Waals surface area contributed by atoms with Crippen LogP contribution in [0, 0.1) is 0 Å². The van der Waals surface area contributed by atoms with Crippen LogP contribution < -0.4 is 0 Å². The first-order valence-corrected chi connectivity index (χ1v) is 8.30. The molecule has 1 aliphatic rings. The van der Waals surface area contributed by atoms with Crippen LogP contribution in [-0.4, -0.2) is 57.5 Å². The highest BCUT2D eigenvalue weighted by atomic mass is 35.5. The number of morpholine rings is 1. The van der Waals surface area contributed by atoms with Crippen molar-refractivity contribution in [3.05, 3.63) is 41.9 Å². The van der Waals surface area contributed by atoms with Crippen LogP contribution in [0.5, 0.6) is 0 Å². The van der Waals surface area contributed by atoms with Crippen LogP contribution in [0.3, 0.4) is 0 Å². The Morgan fingerprint density at radius 3 is 3.04 bits per heavy atom. The van der Waals surface area contributed by atoms with Crippen molar-refractivity contribution in [3.63, 3.8) is 0 Å². The Kier molecular flexibility index (Phi) is 4.18. The summed E-state index contributed by atoms with van der Waals surface area (Å²) < 4.78 is 7.72. The van der Waals surface area contributed by atoms with Gasteiger partial charge in [-0.2, -0.15) is 5.10 Å². The number of halogens is 1. The molecule has 3 aromatic heterocycles. The average molecular weight is 344 g/mol. The van der Waals surface area contributed by atoms with Crippen molar-refractivity contribution >= 4 is 22.6 Å². The number of pyridine rings is 2. The molecule has 1 unspecified atom stereocenters. The molecule has 24 heavy (non-hydrogen) atoms. The summed E-state index contributed by atoms with van der Waals surface area (Å²) in [7, 11) is 2.11. The summed E-state index contributed by atoms with van der Waals surface area (Å²) in [5, 5.41) is 4.92. The van der Waals surface area contributed by atoms with E-state index in [9.17, 15) is 0 Å². The quantitative estimate of drug-likeness (QED) is 0.684. The zero-order valence-corrected chi connectivity index (χ0v) is 14.1. The molecular weight excluding hydrogens is 326 g/mol.